The Morgan fingerprint density at radius 1 is 1.27 bits per heavy atom. The third-order valence-corrected chi connectivity index (χ3v) is 3.30. The van der Waals surface area contributed by atoms with E-state index < -0.39 is 5.97 Å². The van der Waals surface area contributed by atoms with Crippen LogP contribution in [0.15, 0.2) is 34.9 Å². The van der Waals surface area contributed by atoms with Crippen LogP contribution in [-0.4, -0.2) is 34.1 Å². The molecule has 2 aromatic rings. The van der Waals surface area contributed by atoms with Crippen molar-refractivity contribution in [3.63, 3.8) is 0 Å². The predicted octanol–water partition coefficient (Wildman–Crippen LogP) is 2.77. The molecule has 6 nitrogen and oxygen atoms in total. The second-order valence-electron chi connectivity index (χ2n) is 5.43. The average molecular weight is 302 g/mol. The first-order valence-corrected chi connectivity index (χ1v) is 6.92. The zero-order chi connectivity index (χ0) is 16.3. The van der Waals surface area contributed by atoms with Crippen LogP contribution in [0.1, 0.15) is 51.9 Å². The van der Waals surface area contributed by atoms with E-state index in [-0.39, 0.29) is 23.1 Å². The summed E-state index contributed by atoms with van der Waals surface area (Å²) < 4.78 is 5.08. The van der Waals surface area contributed by atoms with Gasteiger partial charge in [-0.25, -0.2) is 4.79 Å². The van der Waals surface area contributed by atoms with Crippen LogP contribution < -0.4 is 0 Å². The monoisotopic (exact) mass is 302 g/mol. The molecule has 0 spiro atoms. The maximum Gasteiger partial charge on any atom is 0.335 e. The first-order valence-electron chi connectivity index (χ1n) is 6.92. The summed E-state index contributed by atoms with van der Waals surface area (Å²) in [7, 11) is 1.66. The van der Waals surface area contributed by atoms with Gasteiger partial charge in [0.2, 0.25) is 5.76 Å². The van der Waals surface area contributed by atoms with Gasteiger partial charge in [-0.1, -0.05) is 31.1 Å². The molecule has 1 aromatic carbocycles. The van der Waals surface area contributed by atoms with Crippen molar-refractivity contribution < 1.29 is 19.2 Å². The molecular formula is C16H18N2O4. The van der Waals surface area contributed by atoms with Gasteiger partial charge in [-0.2, -0.15) is 0 Å². The van der Waals surface area contributed by atoms with Gasteiger partial charge in [-0.15, -0.1) is 0 Å². The summed E-state index contributed by atoms with van der Waals surface area (Å²) in [6.07, 6.45) is 0. The average Bonchev–Trinajstić information content (AvgIpc) is 2.97. The maximum atomic E-state index is 12.3. The summed E-state index contributed by atoms with van der Waals surface area (Å²) in [6.45, 7) is 4.30. The first kappa shape index (κ1) is 15.8. The number of carbonyl (C=O) groups is 2. The van der Waals surface area contributed by atoms with Crippen molar-refractivity contribution >= 4 is 11.9 Å². The number of carboxylic acids is 1. The predicted molar refractivity (Wildman–Crippen MR) is 79.8 cm³/mol. The highest BCUT2D eigenvalue weighted by molar-refractivity contribution is 5.91. The van der Waals surface area contributed by atoms with Crippen LogP contribution >= 0.6 is 0 Å². The van der Waals surface area contributed by atoms with Crippen LogP contribution in [0.25, 0.3) is 0 Å². The smallest absolute Gasteiger partial charge is 0.335 e. The highest BCUT2D eigenvalue weighted by Crippen LogP contribution is 2.16. The number of hydrogen-bond donors (Lipinski definition) is 1. The van der Waals surface area contributed by atoms with Gasteiger partial charge < -0.3 is 14.5 Å². The molecule has 1 heterocycles. The molecule has 1 aromatic heterocycles. The number of aromatic nitrogens is 1. The highest BCUT2D eigenvalue weighted by Gasteiger charge is 2.18. The molecule has 1 N–H and O–H groups in total. The number of amides is 1. The molecule has 0 saturated heterocycles. The van der Waals surface area contributed by atoms with Crippen LogP contribution in [0.5, 0.6) is 0 Å². The Labute approximate surface area is 128 Å². The fourth-order valence-corrected chi connectivity index (χ4v) is 1.95. The fourth-order valence-electron chi connectivity index (χ4n) is 1.95. The minimum absolute atomic E-state index is 0.194. The van der Waals surface area contributed by atoms with E-state index in [1.165, 1.54) is 17.0 Å². The van der Waals surface area contributed by atoms with Crippen molar-refractivity contribution in [2.45, 2.75) is 26.3 Å². The third-order valence-electron chi connectivity index (χ3n) is 3.30. The minimum Gasteiger partial charge on any atom is -0.478 e. The molecule has 116 valence electrons. The van der Waals surface area contributed by atoms with Crippen LogP contribution in [0.4, 0.5) is 0 Å². The molecule has 0 aliphatic carbocycles. The summed E-state index contributed by atoms with van der Waals surface area (Å²) in [5, 5.41) is 12.7. The maximum absolute atomic E-state index is 12.3. The Hall–Kier alpha value is -2.63. The van der Waals surface area contributed by atoms with Crippen LogP contribution in [0, 0.1) is 0 Å². The standard InChI is InChI=1S/C16H18N2O4/c1-10(2)13-8-14(22-17-13)15(19)18(3)9-11-4-6-12(7-5-11)16(20)21/h4-8,10H,9H2,1-3H3,(H,20,21). The van der Waals surface area contributed by atoms with Gasteiger partial charge in [0.15, 0.2) is 0 Å². The van der Waals surface area contributed by atoms with Gasteiger partial charge in [-0.3, -0.25) is 4.79 Å². The Morgan fingerprint density at radius 3 is 2.41 bits per heavy atom. The van der Waals surface area contributed by atoms with Gasteiger partial charge in [0, 0.05) is 19.7 Å². The fraction of sp³-hybridized carbons (Fsp3) is 0.312. The lowest BCUT2D eigenvalue weighted by molar-refractivity contribution is 0.0694. The molecule has 22 heavy (non-hydrogen) atoms. The van der Waals surface area contributed by atoms with Gasteiger partial charge in [0.05, 0.1) is 11.3 Å². The number of nitrogens with zero attached hydrogens (tertiary/aromatic N) is 2. The molecule has 6 heteroatoms. The van der Waals surface area contributed by atoms with Crippen molar-refractivity contribution in [3.05, 3.63) is 52.9 Å². The molecule has 0 aliphatic heterocycles. The van der Waals surface area contributed by atoms with Crippen LogP contribution in [-0.2, 0) is 6.54 Å². The quantitative estimate of drug-likeness (QED) is 0.918. The number of carboxylic acid groups (broad SMARTS) is 1. The SMILES string of the molecule is CC(C)c1cc(C(=O)N(C)Cc2ccc(C(=O)O)cc2)on1. The van der Waals surface area contributed by atoms with Crippen molar-refractivity contribution in [2.75, 3.05) is 7.05 Å². The van der Waals surface area contributed by atoms with Gasteiger partial charge in [-0.05, 0) is 23.6 Å². The Bertz CT molecular complexity index is 674. The minimum atomic E-state index is -0.973. The number of benzene rings is 1. The Balaban J connectivity index is 2.05. The number of rotatable bonds is 5. The van der Waals surface area contributed by atoms with Gasteiger partial charge in [0.25, 0.3) is 5.91 Å². The zero-order valence-corrected chi connectivity index (χ0v) is 12.7. The van der Waals surface area contributed by atoms with E-state index in [1.807, 2.05) is 13.8 Å². The molecule has 0 saturated carbocycles. The van der Waals surface area contributed by atoms with E-state index >= 15 is 0 Å². The Kier molecular flexibility index (Phi) is 4.60. The van der Waals surface area contributed by atoms with E-state index in [9.17, 15) is 9.59 Å². The van der Waals surface area contributed by atoms with E-state index in [0.717, 1.165) is 11.3 Å². The normalized spacial score (nSPS) is 10.7. The van der Waals surface area contributed by atoms with E-state index in [4.69, 9.17) is 9.63 Å². The molecule has 0 aliphatic rings. The lowest BCUT2D eigenvalue weighted by Gasteiger charge is -2.15. The van der Waals surface area contributed by atoms with Crippen molar-refractivity contribution in [2.24, 2.45) is 0 Å². The molecule has 2 rings (SSSR count). The summed E-state index contributed by atoms with van der Waals surface area (Å²) in [6, 6.07) is 8.06. The lowest BCUT2D eigenvalue weighted by Crippen LogP contribution is -2.25. The van der Waals surface area contributed by atoms with Gasteiger partial charge >= 0.3 is 5.97 Å². The number of hydrogen-bond acceptors (Lipinski definition) is 4. The second-order valence-corrected chi connectivity index (χ2v) is 5.43. The van der Waals surface area contributed by atoms with E-state index in [1.54, 1.807) is 25.2 Å². The third kappa shape index (κ3) is 3.52. The molecule has 0 atom stereocenters. The summed E-state index contributed by atoms with van der Waals surface area (Å²) in [5.41, 5.74) is 1.79. The topological polar surface area (TPSA) is 83.6 Å². The molecule has 1 amide bonds. The highest BCUT2D eigenvalue weighted by atomic mass is 16.5. The molecule has 0 fully saturated rings. The summed E-state index contributed by atoms with van der Waals surface area (Å²) in [4.78, 5) is 24.6. The number of carbonyl (C=O) groups excluding carboxylic acids is 1. The first-order chi connectivity index (χ1) is 10.4. The van der Waals surface area contributed by atoms with Gasteiger partial charge in [0.1, 0.15) is 0 Å². The molecule has 0 unspecified atom stereocenters. The lowest BCUT2D eigenvalue weighted by atomic mass is 10.1. The Morgan fingerprint density at radius 2 is 1.91 bits per heavy atom. The van der Waals surface area contributed by atoms with Crippen molar-refractivity contribution in [1.82, 2.24) is 10.1 Å². The van der Waals surface area contributed by atoms with Crippen LogP contribution in [0.2, 0.25) is 0 Å². The summed E-state index contributed by atoms with van der Waals surface area (Å²) >= 11 is 0. The van der Waals surface area contributed by atoms with E-state index in [2.05, 4.69) is 5.16 Å². The summed E-state index contributed by atoms with van der Waals surface area (Å²) in [5.74, 6) is -0.840. The molecule has 0 bridgehead atoms. The largest absolute Gasteiger partial charge is 0.478 e. The molecular weight excluding hydrogens is 284 g/mol. The zero-order valence-electron chi connectivity index (χ0n) is 12.7. The second kappa shape index (κ2) is 6.43. The van der Waals surface area contributed by atoms with E-state index in [0.29, 0.717) is 6.54 Å². The molecule has 0 radical (unpaired) electrons. The van der Waals surface area contributed by atoms with Crippen LogP contribution in [0.3, 0.4) is 0 Å². The van der Waals surface area contributed by atoms with Crippen molar-refractivity contribution in [1.29, 1.82) is 0 Å². The number of aromatic carboxylic acids is 1. The van der Waals surface area contributed by atoms with Crippen molar-refractivity contribution in [3.8, 4) is 0 Å².